The third kappa shape index (κ3) is 5.53. The van der Waals surface area contributed by atoms with Gasteiger partial charge in [0.15, 0.2) is 0 Å². The van der Waals surface area contributed by atoms with Gasteiger partial charge in [-0.1, -0.05) is 30.3 Å². The molecule has 6 nitrogen and oxygen atoms in total. The Morgan fingerprint density at radius 1 is 1.04 bits per heavy atom. The highest BCUT2D eigenvalue weighted by Gasteiger charge is 2.04. The summed E-state index contributed by atoms with van der Waals surface area (Å²) in [4.78, 5) is 11.0. The zero-order valence-corrected chi connectivity index (χ0v) is 14.6. The maximum atomic E-state index is 11.0. The van der Waals surface area contributed by atoms with Crippen molar-refractivity contribution in [3.05, 3.63) is 59.2 Å². The van der Waals surface area contributed by atoms with Gasteiger partial charge in [-0.25, -0.2) is 10.2 Å². The third-order valence-corrected chi connectivity index (χ3v) is 3.46. The van der Waals surface area contributed by atoms with E-state index in [9.17, 15) is 4.79 Å². The average molecular weight is 342 g/mol. The summed E-state index contributed by atoms with van der Waals surface area (Å²) in [5, 5.41) is 3.81. The molecule has 0 bridgehead atoms. The van der Waals surface area contributed by atoms with Crippen LogP contribution in [-0.4, -0.2) is 32.6 Å². The van der Waals surface area contributed by atoms with Crippen molar-refractivity contribution in [1.29, 1.82) is 0 Å². The molecule has 6 heteroatoms. The van der Waals surface area contributed by atoms with E-state index in [1.165, 1.54) is 13.3 Å². The van der Waals surface area contributed by atoms with Crippen LogP contribution in [0.25, 0.3) is 0 Å². The summed E-state index contributed by atoms with van der Waals surface area (Å²) in [5.41, 5.74) is 5.18. The second-order valence-electron chi connectivity index (χ2n) is 5.32. The number of para-hydroxylation sites is 2. The number of carbonyl (C=O) groups excluding carboxylic acids is 1. The van der Waals surface area contributed by atoms with Gasteiger partial charge in [0, 0.05) is 5.56 Å². The molecule has 0 aromatic heterocycles. The van der Waals surface area contributed by atoms with Crippen LogP contribution < -0.4 is 14.9 Å². The van der Waals surface area contributed by atoms with E-state index in [0.717, 1.165) is 22.4 Å². The summed E-state index contributed by atoms with van der Waals surface area (Å²) >= 11 is 0. The number of ether oxygens (including phenoxy) is 3. The summed E-state index contributed by atoms with van der Waals surface area (Å²) < 4.78 is 16.0. The highest BCUT2D eigenvalue weighted by molar-refractivity contribution is 5.84. The van der Waals surface area contributed by atoms with E-state index >= 15 is 0 Å². The molecule has 0 saturated carbocycles. The molecule has 2 aromatic rings. The maximum Gasteiger partial charge on any atom is 0.427 e. The van der Waals surface area contributed by atoms with Gasteiger partial charge in [0.25, 0.3) is 0 Å². The fourth-order valence-corrected chi connectivity index (χ4v) is 2.24. The number of nitrogens with zero attached hydrogens (tertiary/aromatic N) is 1. The van der Waals surface area contributed by atoms with Crippen molar-refractivity contribution in [2.45, 2.75) is 13.8 Å². The molecular formula is C19H22N2O4. The zero-order valence-electron chi connectivity index (χ0n) is 14.6. The van der Waals surface area contributed by atoms with Crippen molar-refractivity contribution in [1.82, 2.24) is 5.43 Å². The Kier molecular flexibility index (Phi) is 6.83. The SMILES string of the molecule is COC(=O)N/N=C\c1ccccc1OCCOc1c(C)cccc1C. The van der Waals surface area contributed by atoms with E-state index in [2.05, 4.69) is 15.3 Å². The molecule has 132 valence electrons. The second-order valence-corrected chi connectivity index (χ2v) is 5.32. The minimum Gasteiger partial charge on any atom is -0.489 e. The second kappa shape index (κ2) is 9.32. The first-order valence-electron chi connectivity index (χ1n) is 7.89. The van der Waals surface area contributed by atoms with Crippen molar-refractivity contribution in [3.8, 4) is 11.5 Å². The Morgan fingerprint density at radius 3 is 2.44 bits per heavy atom. The Labute approximate surface area is 147 Å². The first kappa shape index (κ1) is 18.3. The predicted molar refractivity (Wildman–Crippen MR) is 96.5 cm³/mol. The molecule has 0 spiro atoms. The number of amides is 1. The Hall–Kier alpha value is -3.02. The van der Waals surface area contributed by atoms with Crippen molar-refractivity contribution in [2.24, 2.45) is 5.10 Å². The van der Waals surface area contributed by atoms with Crippen LogP contribution >= 0.6 is 0 Å². The summed E-state index contributed by atoms with van der Waals surface area (Å²) in [5.74, 6) is 1.55. The van der Waals surface area contributed by atoms with Crippen LogP contribution in [0.1, 0.15) is 16.7 Å². The molecule has 0 aliphatic carbocycles. The molecule has 1 amide bonds. The van der Waals surface area contributed by atoms with E-state index in [1.54, 1.807) is 0 Å². The van der Waals surface area contributed by atoms with Gasteiger partial charge < -0.3 is 14.2 Å². The minimum atomic E-state index is -0.628. The van der Waals surface area contributed by atoms with Gasteiger partial charge in [-0.05, 0) is 37.1 Å². The lowest BCUT2D eigenvalue weighted by Gasteiger charge is -2.13. The Morgan fingerprint density at radius 2 is 1.72 bits per heavy atom. The Balaban J connectivity index is 1.90. The molecule has 0 atom stereocenters. The summed E-state index contributed by atoms with van der Waals surface area (Å²) in [7, 11) is 1.28. The van der Waals surface area contributed by atoms with Gasteiger partial charge in [-0.2, -0.15) is 5.10 Å². The van der Waals surface area contributed by atoms with E-state index in [0.29, 0.717) is 19.0 Å². The number of hydrogen-bond donors (Lipinski definition) is 1. The van der Waals surface area contributed by atoms with Gasteiger partial charge in [0.05, 0.1) is 13.3 Å². The van der Waals surface area contributed by atoms with Crippen LogP contribution in [0.3, 0.4) is 0 Å². The van der Waals surface area contributed by atoms with Crippen molar-refractivity contribution >= 4 is 12.3 Å². The molecule has 2 rings (SSSR count). The molecule has 0 heterocycles. The topological polar surface area (TPSA) is 69.2 Å². The number of hydrogen-bond acceptors (Lipinski definition) is 5. The summed E-state index contributed by atoms with van der Waals surface area (Å²) in [6.45, 7) is 4.85. The lowest BCUT2D eigenvalue weighted by Crippen LogP contribution is -2.17. The zero-order chi connectivity index (χ0) is 18.1. The summed E-state index contributed by atoms with van der Waals surface area (Å²) in [6.07, 6.45) is 0.871. The number of methoxy groups -OCH3 is 1. The van der Waals surface area contributed by atoms with Crippen LogP contribution in [0.4, 0.5) is 4.79 Å². The largest absolute Gasteiger partial charge is 0.489 e. The normalized spacial score (nSPS) is 10.5. The smallest absolute Gasteiger partial charge is 0.427 e. The predicted octanol–water partition coefficient (Wildman–Crippen LogP) is 3.45. The molecule has 1 N–H and O–H groups in total. The molecule has 0 fully saturated rings. The lowest BCUT2D eigenvalue weighted by molar-refractivity contribution is 0.171. The molecule has 0 aliphatic rings. The highest BCUT2D eigenvalue weighted by Crippen LogP contribution is 2.22. The van der Waals surface area contributed by atoms with Crippen LogP contribution in [-0.2, 0) is 4.74 Å². The van der Waals surface area contributed by atoms with E-state index < -0.39 is 6.09 Å². The molecule has 25 heavy (non-hydrogen) atoms. The fraction of sp³-hybridized carbons (Fsp3) is 0.263. The van der Waals surface area contributed by atoms with Gasteiger partial charge in [-0.3, -0.25) is 0 Å². The number of carbonyl (C=O) groups is 1. The monoisotopic (exact) mass is 342 g/mol. The van der Waals surface area contributed by atoms with Crippen LogP contribution in [0.2, 0.25) is 0 Å². The number of aryl methyl sites for hydroxylation is 2. The standard InChI is InChI=1S/C19H22N2O4/c1-14-7-6-8-15(2)18(14)25-12-11-24-17-10-5-4-9-16(17)13-20-21-19(22)23-3/h4-10,13H,11-12H2,1-3H3,(H,21,22)/b20-13-. The maximum absolute atomic E-state index is 11.0. The highest BCUT2D eigenvalue weighted by atomic mass is 16.5. The Bertz CT molecular complexity index is 724. The first-order chi connectivity index (χ1) is 12.1. The number of hydrazone groups is 1. The number of benzene rings is 2. The number of rotatable bonds is 7. The van der Waals surface area contributed by atoms with Gasteiger partial charge in [0.1, 0.15) is 24.7 Å². The van der Waals surface area contributed by atoms with Crippen molar-refractivity contribution < 1.29 is 19.0 Å². The van der Waals surface area contributed by atoms with E-state index in [-0.39, 0.29) is 0 Å². The van der Waals surface area contributed by atoms with Crippen LogP contribution in [0, 0.1) is 13.8 Å². The van der Waals surface area contributed by atoms with E-state index in [1.807, 2.05) is 56.3 Å². The van der Waals surface area contributed by atoms with Crippen LogP contribution in [0.5, 0.6) is 11.5 Å². The molecular weight excluding hydrogens is 320 g/mol. The molecule has 0 unspecified atom stereocenters. The third-order valence-electron chi connectivity index (χ3n) is 3.46. The minimum absolute atomic E-state index is 0.392. The van der Waals surface area contributed by atoms with Crippen LogP contribution in [0.15, 0.2) is 47.6 Å². The van der Waals surface area contributed by atoms with Crippen molar-refractivity contribution in [3.63, 3.8) is 0 Å². The molecule has 0 radical (unpaired) electrons. The average Bonchev–Trinajstić information content (AvgIpc) is 2.61. The first-order valence-corrected chi connectivity index (χ1v) is 7.89. The molecule has 2 aromatic carbocycles. The number of nitrogens with one attached hydrogen (secondary N) is 1. The molecule has 0 aliphatic heterocycles. The van der Waals surface area contributed by atoms with Gasteiger partial charge in [-0.15, -0.1) is 0 Å². The summed E-state index contributed by atoms with van der Waals surface area (Å²) in [6, 6.07) is 13.4. The van der Waals surface area contributed by atoms with Gasteiger partial charge in [0.2, 0.25) is 0 Å². The molecule has 0 saturated heterocycles. The quantitative estimate of drug-likeness (QED) is 0.475. The lowest BCUT2D eigenvalue weighted by atomic mass is 10.1. The van der Waals surface area contributed by atoms with E-state index in [4.69, 9.17) is 9.47 Å². The van der Waals surface area contributed by atoms with Gasteiger partial charge >= 0.3 is 6.09 Å². The van der Waals surface area contributed by atoms with Crippen molar-refractivity contribution in [2.75, 3.05) is 20.3 Å². The fourth-order valence-electron chi connectivity index (χ4n) is 2.24.